The van der Waals surface area contributed by atoms with E-state index in [9.17, 15) is 4.39 Å². The lowest BCUT2D eigenvalue weighted by atomic mass is 9.96. The molecule has 0 spiro atoms. The first-order chi connectivity index (χ1) is 18.5. The molecule has 2 heterocycles. The van der Waals surface area contributed by atoms with Crippen molar-refractivity contribution < 1.29 is 8.78 Å². The van der Waals surface area contributed by atoms with Crippen LogP contribution in [0.1, 0.15) is 71.1 Å². The van der Waals surface area contributed by atoms with E-state index in [2.05, 4.69) is 66.6 Å². The van der Waals surface area contributed by atoms with Gasteiger partial charge in [0.2, 0.25) is 0 Å². The highest BCUT2D eigenvalue weighted by atomic mass is 19.2. The molecule has 0 radical (unpaired) electrons. The summed E-state index contributed by atoms with van der Waals surface area (Å²) >= 11 is 0. The zero-order valence-corrected chi connectivity index (χ0v) is 24.3. The topological polar surface area (TPSA) is 47.2 Å². The van der Waals surface area contributed by atoms with E-state index in [1.54, 1.807) is 6.07 Å². The predicted octanol–water partition coefficient (Wildman–Crippen LogP) is 7.20. The summed E-state index contributed by atoms with van der Waals surface area (Å²) < 4.78 is 29.8. The number of likely N-dealkylation sites (tertiary alicyclic amines) is 1. The Morgan fingerprint density at radius 2 is 1.90 bits per heavy atom. The van der Waals surface area contributed by atoms with Crippen molar-refractivity contribution in [3.05, 3.63) is 59.8 Å². The maximum atomic E-state index is 15.1. The number of hydrogen-bond donors (Lipinski definition) is 2. The zero-order chi connectivity index (χ0) is 28.2. The van der Waals surface area contributed by atoms with Crippen LogP contribution in [0.4, 0.5) is 8.78 Å². The molecule has 0 bridgehead atoms. The average Bonchev–Trinajstić information content (AvgIpc) is 3.31. The molecule has 1 saturated heterocycles. The van der Waals surface area contributed by atoms with Gasteiger partial charge in [-0.25, -0.2) is 8.78 Å². The molecule has 39 heavy (non-hydrogen) atoms. The summed E-state index contributed by atoms with van der Waals surface area (Å²) in [5.41, 5.74) is 4.24. The van der Waals surface area contributed by atoms with Crippen LogP contribution in [0.2, 0.25) is 0 Å². The molecule has 1 fully saturated rings. The number of fused-ring (bicyclic) bond motifs is 1. The summed E-state index contributed by atoms with van der Waals surface area (Å²) in [4.78, 5) is 4.69. The van der Waals surface area contributed by atoms with Crippen molar-refractivity contribution in [2.45, 2.75) is 72.4 Å². The van der Waals surface area contributed by atoms with Crippen molar-refractivity contribution in [3.8, 4) is 11.1 Å². The fourth-order valence-electron chi connectivity index (χ4n) is 5.69. The molecule has 1 aliphatic heterocycles. The SMILES string of the molecule is C=C(NC(CC)CCN(C)CC(C)(C)C)c1n[nH]c2ccc(-c3cc(CN4CCCCC4)cc(F)c3F)cc12. The lowest BCUT2D eigenvalue weighted by Gasteiger charge is -2.28. The van der Waals surface area contributed by atoms with Gasteiger partial charge in [-0.3, -0.25) is 10.00 Å². The highest BCUT2D eigenvalue weighted by Crippen LogP contribution is 2.31. The Hall–Kier alpha value is -2.77. The van der Waals surface area contributed by atoms with Crippen molar-refractivity contribution in [1.82, 2.24) is 25.3 Å². The van der Waals surface area contributed by atoms with Gasteiger partial charge in [0.05, 0.1) is 11.2 Å². The van der Waals surface area contributed by atoms with Crippen LogP contribution in [0.25, 0.3) is 27.7 Å². The monoisotopic (exact) mass is 537 g/mol. The Morgan fingerprint density at radius 3 is 2.59 bits per heavy atom. The lowest BCUT2D eigenvalue weighted by molar-refractivity contribution is 0.218. The number of aromatic amines is 1. The minimum atomic E-state index is -0.816. The second kappa shape index (κ2) is 12.6. The average molecular weight is 538 g/mol. The van der Waals surface area contributed by atoms with Gasteiger partial charge in [0.1, 0.15) is 5.69 Å². The third kappa shape index (κ3) is 7.67. The van der Waals surface area contributed by atoms with Crippen LogP contribution in [0, 0.1) is 17.0 Å². The number of piperidine rings is 1. The number of rotatable bonds is 11. The molecule has 0 saturated carbocycles. The first-order valence-corrected chi connectivity index (χ1v) is 14.4. The van der Waals surface area contributed by atoms with Crippen molar-refractivity contribution in [2.75, 3.05) is 33.2 Å². The van der Waals surface area contributed by atoms with E-state index in [0.29, 0.717) is 17.8 Å². The van der Waals surface area contributed by atoms with Crippen molar-refractivity contribution in [1.29, 1.82) is 0 Å². The molecule has 212 valence electrons. The number of benzene rings is 2. The standard InChI is InChI=1S/C32H45F2N5/c1-7-25(13-16-38(6)21-32(3,4)5)35-22(2)31-27-19-24(11-12-29(27)36-37-31)26-17-23(18-28(33)30(26)34)20-39-14-9-8-10-15-39/h11-12,17-19,25,35H,2,7-10,13-16,20-21H2,1,3-6H3,(H,36,37). The van der Waals surface area contributed by atoms with Crippen LogP contribution in [0.3, 0.4) is 0 Å². The van der Waals surface area contributed by atoms with E-state index < -0.39 is 11.6 Å². The van der Waals surface area contributed by atoms with Gasteiger partial charge in [0, 0.05) is 30.1 Å². The Bertz CT molecular complexity index is 1270. The Kier molecular flexibility index (Phi) is 9.44. The Balaban J connectivity index is 1.53. The molecule has 1 aromatic heterocycles. The molecule has 0 amide bonds. The summed E-state index contributed by atoms with van der Waals surface area (Å²) in [5.74, 6) is -1.62. The minimum absolute atomic E-state index is 0.257. The van der Waals surface area contributed by atoms with Crippen molar-refractivity contribution >= 4 is 16.6 Å². The van der Waals surface area contributed by atoms with Crippen LogP contribution in [-0.4, -0.2) is 59.3 Å². The summed E-state index contributed by atoms with van der Waals surface area (Å²) in [6.45, 7) is 17.9. The van der Waals surface area contributed by atoms with E-state index >= 15 is 4.39 Å². The van der Waals surface area contributed by atoms with Crippen molar-refractivity contribution in [2.24, 2.45) is 5.41 Å². The number of H-pyrrole nitrogens is 1. The van der Waals surface area contributed by atoms with Crippen LogP contribution in [0.5, 0.6) is 0 Å². The summed E-state index contributed by atoms with van der Waals surface area (Å²) in [7, 11) is 2.17. The van der Waals surface area contributed by atoms with Crippen LogP contribution < -0.4 is 5.32 Å². The van der Waals surface area contributed by atoms with Gasteiger partial charge in [-0.1, -0.05) is 46.8 Å². The highest BCUT2D eigenvalue weighted by Gasteiger charge is 2.19. The molecule has 2 aromatic carbocycles. The molecule has 1 unspecified atom stereocenters. The molecule has 7 heteroatoms. The van der Waals surface area contributed by atoms with Crippen LogP contribution >= 0.6 is 0 Å². The third-order valence-electron chi connectivity index (χ3n) is 7.58. The van der Waals surface area contributed by atoms with E-state index in [1.807, 2.05) is 18.2 Å². The molecule has 2 N–H and O–H groups in total. The van der Waals surface area contributed by atoms with Gasteiger partial charge in [0.15, 0.2) is 11.6 Å². The molecule has 5 nitrogen and oxygen atoms in total. The Labute approximate surface area is 232 Å². The zero-order valence-electron chi connectivity index (χ0n) is 24.3. The van der Waals surface area contributed by atoms with Gasteiger partial charge >= 0.3 is 0 Å². The second-order valence-corrected chi connectivity index (χ2v) is 12.4. The van der Waals surface area contributed by atoms with Gasteiger partial charge < -0.3 is 10.2 Å². The molecule has 3 aromatic rings. The summed E-state index contributed by atoms with van der Waals surface area (Å²) in [6, 6.07) is 8.98. The quantitative estimate of drug-likeness (QED) is 0.272. The van der Waals surface area contributed by atoms with E-state index in [-0.39, 0.29) is 17.0 Å². The fraction of sp³-hybridized carbons (Fsp3) is 0.531. The number of nitrogens with zero attached hydrogens (tertiary/aromatic N) is 3. The summed E-state index contributed by atoms with van der Waals surface area (Å²) in [6.07, 6.45) is 5.50. The van der Waals surface area contributed by atoms with E-state index in [1.165, 1.54) is 12.5 Å². The molecule has 4 rings (SSSR count). The smallest absolute Gasteiger partial charge is 0.166 e. The van der Waals surface area contributed by atoms with Gasteiger partial charge in [-0.2, -0.15) is 5.10 Å². The van der Waals surface area contributed by atoms with Gasteiger partial charge in [-0.05, 0) is 93.2 Å². The van der Waals surface area contributed by atoms with Gasteiger partial charge in [0.25, 0.3) is 0 Å². The number of nitrogens with one attached hydrogen (secondary N) is 2. The first kappa shape index (κ1) is 29.2. The molecular formula is C32H45F2N5. The first-order valence-electron chi connectivity index (χ1n) is 14.4. The summed E-state index contributed by atoms with van der Waals surface area (Å²) in [5, 5.41) is 12.0. The number of halogens is 2. The normalized spacial score (nSPS) is 15.7. The maximum Gasteiger partial charge on any atom is 0.166 e. The number of aromatic nitrogens is 2. The number of hydrogen-bond acceptors (Lipinski definition) is 4. The predicted molar refractivity (Wildman–Crippen MR) is 158 cm³/mol. The van der Waals surface area contributed by atoms with E-state index in [0.717, 1.165) is 74.0 Å². The molecule has 1 aliphatic rings. The van der Waals surface area contributed by atoms with Crippen molar-refractivity contribution in [3.63, 3.8) is 0 Å². The largest absolute Gasteiger partial charge is 0.381 e. The van der Waals surface area contributed by atoms with E-state index in [4.69, 9.17) is 0 Å². The van der Waals surface area contributed by atoms with Gasteiger partial charge in [-0.15, -0.1) is 0 Å². The van der Waals surface area contributed by atoms with Crippen LogP contribution in [-0.2, 0) is 6.54 Å². The fourth-order valence-corrected chi connectivity index (χ4v) is 5.69. The Morgan fingerprint density at radius 1 is 1.15 bits per heavy atom. The second-order valence-electron chi connectivity index (χ2n) is 12.4. The third-order valence-corrected chi connectivity index (χ3v) is 7.58. The molecule has 0 aliphatic carbocycles. The lowest BCUT2D eigenvalue weighted by Crippen LogP contribution is -2.35. The molecular weight excluding hydrogens is 492 g/mol. The maximum absolute atomic E-state index is 15.1. The van der Waals surface area contributed by atoms with Crippen LogP contribution in [0.15, 0.2) is 36.9 Å². The highest BCUT2D eigenvalue weighted by molar-refractivity contribution is 5.92. The molecule has 1 atom stereocenters. The minimum Gasteiger partial charge on any atom is -0.381 e.